The number of aryl methyl sites for hydroxylation is 3. The monoisotopic (exact) mass is 355 g/mol. The zero-order valence-electron chi connectivity index (χ0n) is 14.6. The second-order valence-corrected chi connectivity index (χ2v) is 7.29. The fourth-order valence-corrected chi connectivity index (χ4v) is 3.86. The predicted molar refractivity (Wildman–Crippen MR) is 101 cm³/mol. The number of nitrogens with zero attached hydrogens (tertiary/aromatic N) is 2. The van der Waals surface area contributed by atoms with Gasteiger partial charge in [-0.3, -0.25) is 9.59 Å². The third-order valence-corrected chi connectivity index (χ3v) is 5.50. The van der Waals surface area contributed by atoms with Crippen LogP contribution in [0, 0.1) is 6.92 Å². The summed E-state index contributed by atoms with van der Waals surface area (Å²) in [5.74, 6) is -0.136. The number of amides is 1. The van der Waals surface area contributed by atoms with Crippen molar-refractivity contribution in [3.8, 4) is 0 Å². The van der Waals surface area contributed by atoms with E-state index in [1.807, 2.05) is 32.0 Å². The number of rotatable bonds is 5. The number of carbonyl (C=O) groups is 1. The summed E-state index contributed by atoms with van der Waals surface area (Å²) in [4.78, 5) is 30.3. The van der Waals surface area contributed by atoms with Crippen molar-refractivity contribution in [1.82, 2.24) is 14.9 Å². The molecule has 0 saturated carbocycles. The number of hydrogen-bond donors (Lipinski definition) is 1. The van der Waals surface area contributed by atoms with E-state index in [9.17, 15) is 9.59 Å². The number of thiophene rings is 1. The molecule has 0 aliphatic heterocycles. The van der Waals surface area contributed by atoms with Gasteiger partial charge in [0.15, 0.2) is 0 Å². The Balaban J connectivity index is 1.73. The van der Waals surface area contributed by atoms with E-state index in [0.29, 0.717) is 20.7 Å². The van der Waals surface area contributed by atoms with Gasteiger partial charge in [-0.05, 0) is 37.8 Å². The van der Waals surface area contributed by atoms with Gasteiger partial charge in [0.05, 0.1) is 16.6 Å². The summed E-state index contributed by atoms with van der Waals surface area (Å²) in [5.41, 5.74) is 1.85. The lowest BCUT2D eigenvalue weighted by Crippen LogP contribution is -2.32. The maximum atomic E-state index is 12.6. The first-order valence-electron chi connectivity index (χ1n) is 8.27. The largest absolute Gasteiger partial charge is 0.349 e. The highest BCUT2D eigenvalue weighted by Gasteiger charge is 2.20. The SMILES string of the molecule is Cc1c(C(=O)N[C@@H](C)CCc2ccccc2)sc2ncn(C)c(=O)c12. The Morgan fingerprint density at radius 2 is 2.04 bits per heavy atom. The maximum Gasteiger partial charge on any atom is 0.262 e. The van der Waals surface area contributed by atoms with E-state index < -0.39 is 0 Å². The number of benzene rings is 1. The first-order chi connectivity index (χ1) is 12.0. The molecule has 0 spiro atoms. The quantitative estimate of drug-likeness (QED) is 0.765. The molecule has 0 fully saturated rings. The van der Waals surface area contributed by atoms with Gasteiger partial charge in [0.25, 0.3) is 11.5 Å². The number of hydrogen-bond acceptors (Lipinski definition) is 4. The van der Waals surface area contributed by atoms with Crippen LogP contribution in [0.1, 0.15) is 34.1 Å². The smallest absolute Gasteiger partial charge is 0.262 e. The number of carbonyl (C=O) groups excluding carboxylic acids is 1. The molecule has 0 aliphatic rings. The molecule has 2 aromatic heterocycles. The predicted octanol–water partition coefficient (Wildman–Crippen LogP) is 3.05. The van der Waals surface area contributed by atoms with Gasteiger partial charge in [-0.1, -0.05) is 30.3 Å². The van der Waals surface area contributed by atoms with Crippen molar-refractivity contribution in [2.75, 3.05) is 0 Å². The minimum Gasteiger partial charge on any atom is -0.349 e. The van der Waals surface area contributed by atoms with Crippen molar-refractivity contribution in [1.29, 1.82) is 0 Å². The van der Waals surface area contributed by atoms with Crippen LogP contribution in [0.5, 0.6) is 0 Å². The van der Waals surface area contributed by atoms with Crippen LogP contribution in [-0.4, -0.2) is 21.5 Å². The summed E-state index contributed by atoms with van der Waals surface area (Å²) in [6.07, 6.45) is 3.26. The molecule has 130 valence electrons. The van der Waals surface area contributed by atoms with E-state index in [1.165, 1.54) is 27.8 Å². The molecule has 0 aliphatic carbocycles. The van der Waals surface area contributed by atoms with Crippen LogP contribution in [0.15, 0.2) is 41.5 Å². The van der Waals surface area contributed by atoms with Crippen LogP contribution < -0.4 is 10.9 Å². The molecule has 0 bridgehead atoms. The standard InChI is InChI=1S/C19H21N3O2S/c1-12(9-10-14-7-5-4-6-8-14)21-17(23)16-13(2)15-18(25-16)20-11-22(3)19(15)24/h4-8,11-12H,9-10H2,1-3H3,(H,21,23)/t12-/m0/s1. The molecule has 0 saturated heterocycles. The lowest BCUT2D eigenvalue weighted by atomic mass is 10.1. The third kappa shape index (κ3) is 3.64. The van der Waals surface area contributed by atoms with Crippen molar-refractivity contribution < 1.29 is 4.79 Å². The molecule has 5 nitrogen and oxygen atoms in total. The Morgan fingerprint density at radius 1 is 1.32 bits per heavy atom. The van der Waals surface area contributed by atoms with Gasteiger partial charge in [-0.15, -0.1) is 11.3 Å². The summed E-state index contributed by atoms with van der Waals surface area (Å²) in [7, 11) is 1.66. The maximum absolute atomic E-state index is 12.6. The van der Waals surface area contributed by atoms with Gasteiger partial charge in [0.1, 0.15) is 4.83 Å². The Kier molecular flexibility index (Phi) is 4.99. The van der Waals surface area contributed by atoms with Crippen molar-refractivity contribution in [2.45, 2.75) is 32.7 Å². The minimum atomic E-state index is -0.136. The van der Waals surface area contributed by atoms with E-state index >= 15 is 0 Å². The Labute approximate surface area is 150 Å². The molecule has 1 atom stereocenters. The second kappa shape index (κ2) is 7.19. The minimum absolute atomic E-state index is 0.0492. The zero-order chi connectivity index (χ0) is 18.0. The van der Waals surface area contributed by atoms with E-state index in [2.05, 4.69) is 22.4 Å². The molecule has 3 aromatic rings. The average Bonchev–Trinajstić information content (AvgIpc) is 2.95. The number of nitrogens with one attached hydrogen (secondary N) is 1. The lowest BCUT2D eigenvalue weighted by Gasteiger charge is -2.13. The first-order valence-corrected chi connectivity index (χ1v) is 9.08. The molecule has 2 heterocycles. The van der Waals surface area contributed by atoms with Crippen LogP contribution in [0.2, 0.25) is 0 Å². The third-order valence-electron chi connectivity index (χ3n) is 4.30. The van der Waals surface area contributed by atoms with Crippen LogP contribution >= 0.6 is 11.3 Å². The number of fused-ring (bicyclic) bond motifs is 1. The van der Waals surface area contributed by atoms with Crippen LogP contribution in [0.4, 0.5) is 0 Å². The van der Waals surface area contributed by atoms with Crippen molar-refractivity contribution in [3.63, 3.8) is 0 Å². The molecular weight excluding hydrogens is 334 g/mol. The molecule has 1 N–H and O–H groups in total. The highest BCUT2D eigenvalue weighted by atomic mass is 32.1. The Bertz CT molecular complexity index is 960. The molecule has 0 radical (unpaired) electrons. The van der Waals surface area contributed by atoms with Gasteiger partial charge in [-0.2, -0.15) is 0 Å². The lowest BCUT2D eigenvalue weighted by molar-refractivity contribution is 0.0942. The van der Waals surface area contributed by atoms with Gasteiger partial charge in [0.2, 0.25) is 0 Å². The fraction of sp³-hybridized carbons (Fsp3) is 0.316. The van der Waals surface area contributed by atoms with Crippen molar-refractivity contribution >= 4 is 27.5 Å². The molecular formula is C19H21N3O2S. The Morgan fingerprint density at radius 3 is 2.76 bits per heavy atom. The van der Waals surface area contributed by atoms with Gasteiger partial charge in [0, 0.05) is 13.1 Å². The van der Waals surface area contributed by atoms with Crippen LogP contribution in [0.25, 0.3) is 10.2 Å². The van der Waals surface area contributed by atoms with Gasteiger partial charge in [-0.25, -0.2) is 4.98 Å². The second-order valence-electron chi connectivity index (χ2n) is 6.30. The first kappa shape index (κ1) is 17.4. The molecule has 25 heavy (non-hydrogen) atoms. The highest BCUT2D eigenvalue weighted by molar-refractivity contribution is 7.20. The van der Waals surface area contributed by atoms with Crippen LogP contribution in [0.3, 0.4) is 0 Å². The highest BCUT2D eigenvalue weighted by Crippen LogP contribution is 2.26. The Hall–Kier alpha value is -2.47. The topological polar surface area (TPSA) is 64.0 Å². The van der Waals surface area contributed by atoms with E-state index in [4.69, 9.17) is 0 Å². The fourth-order valence-electron chi connectivity index (χ4n) is 2.81. The van der Waals surface area contributed by atoms with Gasteiger partial charge < -0.3 is 9.88 Å². The zero-order valence-corrected chi connectivity index (χ0v) is 15.4. The van der Waals surface area contributed by atoms with E-state index in [0.717, 1.165) is 12.8 Å². The number of aromatic nitrogens is 2. The van der Waals surface area contributed by atoms with E-state index in [1.54, 1.807) is 7.05 Å². The van der Waals surface area contributed by atoms with Crippen LogP contribution in [-0.2, 0) is 13.5 Å². The summed E-state index contributed by atoms with van der Waals surface area (Å²) in [6, 6.07) is 10.3. The summed E-state index contributed by atoms with van der Waals surface area (Å²) < 4.78 is 1.44. The molecule has 6 heteroatoms. The van der Waals surface area contributed by atoms with Crippen molar-refractivity contribution in [2.24, 2.45) is 7.05 Å². The molecule has 1 aromatic carbocycles. The average molecular weight is 355 g/mol. The molecule has 0 unspecified atom stereocenters. The van der Waals surface area contributed by atoms with E-state index in [-0.39, 0.29) is 17.5 Å². The normalized spacial score (nSPS) is 12.3. The molecule has 3 rings (SSSR count). The summed E-state index contributed by atoms with van der Waals surface area (Å²) in [5, 5.41) is 3.58. The van der Waals surface area contributed by atoms with Crippen molar-refractivity contribution in [3.05, 3.63) is 63.0 Å². The molecule has 1 amide bonds. The summed E-state index contributed by atoms with van der Waals surface area (Å²) in [6.45, 7) is 3.81. The van der Waals surface area contributed by atoms with Gasteiger partial charge >= 0.3 is 0 Å². The summed E-state index contributed by atoms with van der Waals surface area (Å²) >= 11 is 1.27.